The summed E-state index contributed by atoms with van der Waals surface area (Å²) in [5.74, 6) is -50.0. The summed E-state index contributed by atoms with van der Waals surface area (Å²) < 4.78 is 287. The summed E-state index contributed by atoms with van der Waals surface area (Å²) in [6.45, 7) is 0. The van der Waals surface area contributed by atoms with Gasteiger partial charge in [-0.3, -0.25) is 0 Å². The van der Waals surface area contributed by atoms with Crippen LogP contribution in [0.25, 0.3) is 54.6 Å². The van der Waals surface area contributed by atoms with Crippen LogP contribution in [0.5, 0.6) is 11.5 Å². The molecule has 0 spiro atoms. The van der Waals surface area contributed by atoms with Gasteiger partial charge in [0, 0.05) is 33.9 Å². The monoisotopic (exact) mass is 886 g/mol. The zero-order valence-corrected chi connectivity index (χ0v) is 29.4. The van der Waals surface area contributed by atoms with Gasteiger partial charge in [-0.05, 0) is 28.5 Å². The minimum atomic E-state index is -3.51. The topological polar surface area (TPSA) is 18.5 Å². The van der Waals surface area contributed by atoms with Gasteiger partial charge in [0.25, 0.3) is 0 Å². The molecule has 0 saturated carbocycles. The average Bonchev–Trinajstić information content (AvgIpc) is 3.65. The van der Waals surface area contributed by atoms with E-state index in [0.717, 1.165) is 30.3 Å². The van der Waals surface area contributed by atoms with Crippen LogP contribution in [-0.4, -0.2) is 7.12 Å². The molecule has 0 unspecified atom stereocenters. The minimum Gasteiger partial charge on any atom is -0.519 e. The largest absolute Gasteiger partial charge is 0.636 e. The fourth-order valence-electron chi connectivity index (χ4n) is 7.75. The molecule has 1 aliphatic rings. The third-order valence-electron chi connectivity index (χ3n) is 10.4. The Morgan fingerprint density at radius 1 is 0.355 bits per heavy atom. The summed E-state index contributed by atoms with van der Waals surface area (Å²) in [6.07, 6.45) is -0.818. The van der Waals surface area contributed by atoms with Crippen LogP contribution < -0.4 is 14.8 Å². The van der Waals surface area contributed by atoms with Crippen LogP contribution in [0.4, 0.5) is 79.0 Å². The number of benzene rings is 8. The van der Waals surface area contributed by atoms with E-state index in [-0.39, 0.29) is 10.9 Å². The molecular formula is C41H9BF18O2. The van der Waals surface area contributed by atoms with Crippen molar-refractivity contribution in [1.82, 2.24) is 0 Å². The first-order valence-electron chi connectivity index (χ1n) is 17.1. The molecular weight excluding hydrogens is 877 g/mol. The van der Waals surface area contributed by atoms with Crippen LogP contribution >= 0.6 is 0 Å². The third kappa shape index (κ3) is 5.31. The first-order valence-corrected chi connectivity index (χ1v) is 17.1. The predicted octanol–water partition coefficient (Wildman–Crippen LogP) is 12.2. The molecule has 8 aromatic rings. The van der Waals surface area contributed by atoms with Crippen molar-refractivity contribution in [3.05, 3.63) is 158 Å². The molecule has 21 heteroatoms. The lowest BCUT2D eigenvalue weighted by atomic mass is 9.73. The molecule has 2 nitrogen and oxygen atoms in total. The zero-order chi connectivity index (χ0) is 44.7. The van der Waals surface area contributed by atoms with Crippen molar-refractivity contribution in [2.45, 2.75) is 6.42 Å². The standard InChI is InChI=1S/C41H9BF18O2/c43-13-3-1-2-10-8-12-18(15(10)13)24(45)35(56)38(59)40(12)61-42(62-41-22(30(51)34(55)37(58)39(41)60)21-28(49)32(53)36(57)33(54)29(21)50)23-11-6-4-9-5-7-14(44)19-16(9)17(11)20(26(47)25(19)46)27(48)31(23)52/h1-7H,8H2. The van der Waals surface area contributed by atoms with Crippen LogP contribution in [-0.2, 0) is 6.42 Å². The van der Waals surface area contributed by atoms with Crippen molar-refractivity contribution in [3.63, 3.8) is 0 Å². The Morgan fingerprint density at radius 3 is 1.52 bits per heavy atom. The zero-order valence-electron chi connectivity index (χ0n) is 29.4. The molecule has 1 aliphatic carbocycles. The van der Waals surface area contributed by atoms with Gasteiger partial charge in [-0.2, -0.15) is 8.78 Å². The van der Waals surface area contributed by atoms with Crippen molar-refractivity contribution in [2.24, 2.45) is 0 Å². The predicted molar refractivity (Wildman–Crippen MR) is 183 cm³/mol. The Labute approximate surface area is 331 Å². The van der Waals surface area contributed by atoms with E-state index in [9.17, 15) is 17.6 Å². The van der Waals surface area contributed by atoms with Gasteiger partial charge in [0.2, 0.25) is 23.3 Å². The number of rotatable bonds is 6. The molecule has 0 heterocycles. The molecule has 0 radical (unpaired) electrons. The highest BCUT2D eigenvalue weighted by Crippen LogP contribution is 2.48. The molecule has 0 amide bonds. The quantitative estimate of drug-likeness (QED) is 0.0545. The summed E-state index contributed by atoms with van der Waals surface area (Å²) in [5, 5.41) is -5.81. The van der Waals surface area contributed by atoms with Gasteiger partial charge in [-0.15, -0.1) is 0 Å². The Balaban J connectivity index is 1.41. The summed E-state index contributed by atoms with van der Waals surface area (Å²) in [4.78, 5) is 0. The van der Waals surface area contributed by atoms with E-state index in [1.165, 1.54) is 0 Å². The lowest BCUT2D eigenvalue weighted by Crippen LogP contribution is -2.46. The molecule has 0 aliphatic heterocycles. The van der Waals surface area contributed by atoms with E-state index in [0.29, 0.717) is 12.1 Å². The van der Waals surface area contributed by atoms with E-state index < -0.39 is 190 Å². The smallest absolute Gasteiger partial charge is 0.519 e. The highest BCUT2D eigenvalue weighted by Gasteiger charge is 2.44. The molecule has 314 valence electrons. The summed E-state index contributed by atoms with van der Waals surface area (Å²) in [6, 6.07) is 6.08. The highest BCUT2D eigenvalue weighted by molar-refractivity contribution is 6.66. The molecule has 9 rings (SSSR count). The molecule has 0 atom stereocenters. The van der Waals surface area contributed by atoms with Crippen molar-refractivity contribution >= 4 is 44.9 Å². The van der Waals surface area contributed by atoms with E-state index in [1.54, 1.807) is 0 Å². The summed E-state index contributed by atoms with van der Waals surface area (Å²) >= 11 is 0. The number of hydrogen-bond acceptors (Lipinski definition) is 2. The van der Waals surface area contributed by atoms with Crippen LogP contribution in [0.2, 0.25) is 0 Å². The summed E-state index contributed by atoms with van der Waals surface area (Å²) in [5.41, 5.74) is -9.75. The first kappa shape index (κ1) is 40.6. The van der Waals surface area contributed by atoms with Crippen molar-refractivity contribution in [3.8, 4) is 33.8 Å². The second-order valence-electron chi connectivity index (χ2n) is 13.6. The Kier molecular flexibility index (Phi) is 9.08. The first-order chi connectivity index (χ1) is 29.3. The Hall–Kier alpha value is -6.80. The minimum absolute atomic E-state index is 0.215. The summed E-state index contributed by atoms with van der Waals surface area (Å²) in [7, 11) is -3.51. The second-order valence-corrected chi connectivity index (χ2v) is 13.6. The SMILES string of the molecule is Fc1cccc2c1-c1c(F)c(F)c(F)c(OB(Oc3c(F)c(F)c(F)c(F)c3-c3c(F)c(F)c(F)c(F)c3F)c3c(F)c(F)c4c(F)c(F)c5c(F)ccc6ccc3c4c65)c1C2. The van der Waals surface area contributed by atoms with Gasteiger partial charge in [-0.25, -0.2) is 70.2 Å². The maximum atomic E-state index is 16.7. The van der Waals surface area contributed by atoms with Gasteiger partial charge in [0.05, 0.1) is 27.4 Å². The number of hydrogen-bond donors (Lipinski definition) is 0. The van der Waals surface area contributed by atoms with E-state index in [4.69, 9.17) is 9.31 Å². The lowest BCUT2D eigenvalue weighted by Gasteiger charge is -2.25. The molecule has 62 heavy (non-hydrogen) atoms. The van der Waals surface area contributed by atoms with Gasteiger partial charge in [0.1, 0.15) is 17.4 Å². The molecule has 0 aromatic heterocycles. The maximum Gasteiger partial charge on any atom is 0.636 e. The second kappa shape index (κ2) is 13.9. The van der Waals surface area contributed by atoms with Crippen LogP contribution in [0.3, 0.4) is 0 Å². The molecule has 0 bridgehead atoms. The highest BCUT2D eigenvalue weighted by atomic mass is 19.2. The van der Waals surface area contributed by atoms with Gasteiger partial charge < -0.3 is 9.31 Å². The molecule has 8 aromatic carbocycles. The number of halogens is 18. The van der Waals surface area contributed by atoms with Crippen LogP contribution in [0.1, 0.15) is 11.1 Å². The molecule has 0 N–H and O–H groups in total. The molecule has 0 fully saturated rings. The van der Waals surface area contributed by atoms with Gasteiger partial charge >= 0.3 is 7.12 Å². The maximum absolute atomic E-state index is 16.7. The van der Waals surface area contributed by atoms with Crippen molar-refractivity contribution < 1.29 is 88.3 Å². The Bertz CT molecular complexity index is 3310. The van der Waals surface area contributed by atoms with Gasteiger partial charge in [-0.1, -0.05) is 30.3 Å². The van der Waals surface area contributed by atoms with Crippen molar-refractivity contribution in [2.75, 3.05) is 0 Å². The van der Waals surface area contributed by atoms with E-state index in [1.807, 2.05) is 0 Å². The molecule has 0 saturated heterocycles. The third-order valence-corrected chi connectivity index (χ3v) is 10.4. The number of fused-ring (bicyclic) bond motifs is 3. The van der Waals surface area contributed by atoms with Crippen molar-refractivity contribution in [1.29, 1.82) is 0 Å². The Morgan fingerprint density at radius 2 is 0.855 bits per heavy atom. The fourth-order valence-corrected chi connectivity index (χ4v) is 7.75. The fraction of sp³-hybridized carbons (Fsp3) is 0.0244. The average molecular weight is 886 g/mol. The normalized spacial score (nSPS) is 12.3. The van der Waals surface area contributed by atoms with E-state index >= 15 is 61.5 Å². The van der Waals surface area contributed by atoms with E-state index in [2.05, 4.69) is 0 Å². The lowest BCUT2D eigenvalue weighted by molar-refractivity contribution is 0.358. The van der Waals surface area contributed by atoms with Crippen LogP contribution in [0, 0.1) is 105 Å². The van der Waals surface area contributed by atoms with Gasteiger partial charge in [0.15, 0.2) is 75.6 Å². The van der Waals surface area contributed by atoms with Crippen LogP contribution in [0.15, 0.2) is 42.5 Å².